The highest BCUT2D eigenvalue weighted by Crippen LogP contribution is 2.19. The highest BCUT2D eigenvalue weighted by molar-refractivity contribution is 5.94. The van der Waals surface area contributed by atoms with Gasteiger partial charge in [0.15, 0.2) is 5.96 Å². The first-order valence-electron chi connectivity index (χ1n) is 10.6. The third-order valence-electron chi connectivity index (χ3n) is 5.51. The van der Waals surface area contributed by atoms with Crippen LogP contribution < -0.4 is 27.4 Å². The maximum absolute atomic E-state index is 13.0. The van der Waals surface area contributed by atoms with E-state index in [1.165, 1.54) is 4.90 Å². The molecule has 0 spiro atoms. The standard InChI is InChI=1S/C19H33N7O5/c1-11(24-16(28)12-5-2-8-22-12)15(27)25-13(6-3-9-23-19(20)21)17(29)26-10-4-7-14(26)18(30)31/h11-14,22H,2-10H2,1H3,(H,24,28)(H,25,27)(H,30,31)(H4,20,21,23). The molecule has 2 rings (SSSR count). The summed E-state index contributed by atoms with van der Waals surface area (Å²) in [5, 5.41) is 17.8. The van der Waals surface area contributed by atoms with Crippen molar-refractivity contribution in [1.82, 2.24) is 20.9 Å². The smallest absolute Gasteiger partial charge is 0.326 e. The number of nitrogens with one attached hydrogen (secondary N) is 3. The van der Waals surface area contributed by atoms with Crippen molar-refractivity contribution in [3.8, 4) is 0 Å². The van der Waals surface area contributed by atoms with Gasteiger partial charge in [-0.2, -0.15) is 0 Å². The van der Waals surface area contributed by atoms with Gasteiger partial charge in [-0.25, -0.2) is 4.79 Å². The fourth-order valence-electron chi connectivity index (χ4n) is 3.83. The van der Waals surface area contributed by atoms with Crippen molar-refractivity contribution in [1.29, 1.82) is 0 Å². The number of nitrogens with zero attached hydrogens (tertiary/aromatic N) is 2. The van der Waals surface area contributed by atoms with Crippen molar-refractivity contribution in [3.63, 3.8) is 0 Å². The maximum Gasteiger partial charge on any atom is 0.326 e. The van der Waals surface area contributed by atoms with E-state index < -0.39 is 35.9 Å². The molecule has 31 heavy (non-hydrogen) atoms. The first-order valence-corrected chi connectivity index (χ1v) is 10.6. The predicted octanol–water partition coefficient (Wildman–Crippen LogP) is -2.14. The van der Waals surface area contributed by atoms with Gasteiger partial charge in [0.2, 0.25) is 17.7 Å². The molecule has 0 radical (unpaired) electrons. The minimum Gasteiger partial charge on any atom is -0.480 e. The fraction of sp³-hybridized carbons (Fsp3) is 0.737. The molecule has 12 heteroatoms. The first-order chi connectivity index (χ1) is 14.7. The Morgan fingerprint density at radius 3 is 2.55 bits per heavy atom. The molecule has 2 fully saturated rings. The van der Waals surface area contributed by atoms with Crippen LogP contribution in [-0.4, -0.2) is 83.5 Å². The molecule has 2 heterocycles. The average molecular weight is 440 g/mol. The molecular weight excluding hydrogens is 406 g/mol. The molecule has 8 N–H and O–H groups in total. The van der Waals surface area contributed by atoms with Crippen LogP contribution in [0.2, 0.25) is 0 Å². The molecule has 0 aromatic carbocycles. The molecule has 4 atom stereocenters. The van der Waals surface area contributed by atoms with E-state index >= 15 is 0 Å². The van der Waals surface area contributed by atoms with Gasteiger partial charge in [0.05, 0.1) is 6.04 Å². The number of rotatable bonds is 10. The third-order valence-corrected chi connectivity index (χ3v) is 5.51. The molecule has 0 aromatic rings. The van der Waals surface area contributed by atoms with Crippen LogP contribution in [0, 0.1) is 0 Å². The second-order valence-electron chi connectivity index (χ2n) is 7.92. The molecule has 0 saturated carbocycles. The molecule has 2 aliphatic rings. The van der Waals surface area contributed by atoms with Crippen LogP contribution in [0.5, 0.6) is 0 Å². The summed E-state index contributed by atoms with van der Waals surface area (Å²) >= 11 is 0. The molecule has 3 amide bonds. The maximum atomic E-state index is 13.0. The van der Waals surface area contributed by atoms with E-state index in [0.29, 0.717) is 32.2 Å². The van der Waals surface area contributed by atoms with Crippen LogP contribution in [-0.2, 0) is 19.2 Å². The number of guanidine groups is 1. The number of aliphatic carboxylic acids is 1. The quantitative estimate of drug-likeness (QED) is 0.126. The van der Waals surface area contributed by atoms with Crippen LogP contribution in [0.1, 0.15) is 45.4 Å². The topological polar surface area (TPSA) is 192 Å². The zero-order valence-electron chi connectivity index (χ0n) is 17.8. The van der Waals surface area contributed by atoms with Crippen LogP contribution in [0.4, 0.5) is 0 Å². The van der Waals surface area contributed by atoms with E-state index in [1.54, 1.807) is 6.92 Å². The summed E-state index contributed by atoms with van der Waals surface area (Å²) < 4.78 is 0. The SMILES string of the molecule is CC(NC(=O)C1CCCN1)C(=O)NC(CCCN=C(N)N)C(=O)N1CCCC1C(=O)O. The van der Waals surface area contributed by atoms with E-state index in [0.717, 1.165) is 13.0 Å². The van der Waals surface area contributed by atoms with Crippen LogP contribution in [0.25, 0.3) is 0 Å². The number of hydrogen-bond donors (Lipinski definition) is 6. The summed E-state index contributed by atoms with van der Waals surface area (Å²) in [6.45, 7) is 2.88. The van der Waals surface area contributed by atoms with Gasteiger partial charge in [-0.3, -0.25) is 19.4 Å². The average Bonchev–Trinajstić information content (AvgIpc) is 3.41. The van der Waals surface area contributed by atoms with Gasteiger partial charge < -0.3 is 37.4 Å². The number of nitrogens with two attached hydrogens (primary N) is 2. The Kier molecular flexibility index (Phi) is 9.03. The lowest BCUT2D eigenvalue weighted by molar-refractivity contribution is -0.149. The van der Waals surface area contributed by atoms with Gasteiger partial charge in [-0.05, 0) is 52.0 Å². The predicted molar refractivity (Wildman–Crippen MR) is 113 cm³/mol. The Morgan fingerprint density at radius 2 is 1.94 bits per heavy atom. The summed E-state index contributed by atoms with van der Waals surface area (Å²) in [6.07, 6.45) is 3.19. The van der Waals surface area contributed by atoms with Crippen molar-refractivity contribution < 1.29 is 24.3 Å². The summed E-state index contributed by atoms with van der Waals surface area (Å²) in [7, 11) is 0. The van der Waals surface area contributed by atoms with Crippen LogP contribution >= 0.6 is 0 Å². The van der Waals surface area contributed by atoms with Gasteiger partial charge in [0, 0.05) is 13.1 Å². The lowest BCUT2D eigenvalue weighted by atomic mass is 10.1. The molecule has 174 valence electrons. The Morgan fingerprint density at radius 1 is 1.19 bits per heavy atom. The molecular formula is C19H33N7O5. The highest BCUT2D eigenvalue weighted by Gasteiger charge is 2.38. The largest absolute Gasteiger partial charge is 0.480 e. The highest BCUT2D eigenvalue weighted by atomic mass is 16.4. The third kappa shape index (κ3) is 7.09. The Bertz CT molecular complexity index is 704. The number of carboxylic acid groups (broad SMARTS) is 1. The number of aliphatic imine (C=N–C) groups is 1. The zero-order chi connectivity index (χ0) is 23.0. The number of hydrogen-bond acceptors (Lipinski definition) is 6. The molecule has 12 nitrogen and oxygen atoms in total. The summed E-state index contributed by atoms with van der Waals surface area (Å²) in [4.78, 5) is 54.6. The van der Waals surface area contributed by atoms with Crippen LogP contribution in [0.15, 0.2) is 4.99 Å². The van der Waals surface area contributed by atoms with E-state index in [2.05, 4.69) is 20.9 Å². The van der Waals surface area contributed by atoms with Crippen molar-refractivity contribution in [2.75, 3.05) is 19.6 Å². The van der Waals surface area contributed by atoms with E-state index in [-0.39, 0.29) is 30.9 Å². The van der Waals surface area contributed by atoms with Gasteiger partial charge >= 0.3 is 5.97 Å². The minimum absolute atomic E-state index is 0.0748. The fourth-order valence-corrected chi connectivity index (χ4v) is 3.83. The second-order valence-corrected chi connectivity index (χ2v) is 7.92. The molecule has 2 saturated heterocycles. The molecule has 2 aliphatic heterocycles. The molecule has 0 aromatic heterocycles. The van der Waals surface area contributed by atoms with Gasteiger partial charge in [-0.1, -0.05) is 0 Å². The van der Waals surface area contributed by atoms with Gasteiger partial charge in [0.25, 0.3) is 0 Å². The number of carbonyl (C=O) groups excluding carboxylic acids is 3. The van der Waals surface area contributed by atoms with Crippen molar-refractivity contribution >= 4 is 29.7 Å². The van der Waals surface area contributed by atoms with Crippen LogP contribution in [0.3, 0.4) is 0 Å². The van der Waals surface area contributed by atoms with E-state index in [1.807, 2.05) is 0 Å². The summed E-state index contributed by atoms with van der Waals surface area (Å²) in [6, 6.07) is -3.02. The normalized spacial score (nSPS) is 22.4. The van der Waals surface area contributed by atoms with Gasteiger partial charge in [0.1, 0.15) is 18.1 Å². The van der Waals surface area contributed by atoms with E-state index in [9.17, 15) is 24.3 Å². The molecule has 0 aliphatic carbocycles. The molecule has 4 unspecified atom stereocenters. The van der Waals surface area contributed by atoms with Crippen molar-refractivity contribution in [3.05, 3.63) is 0 Å². The lowest BCUT2D eigenvalue weighted by Crippen LogP contribution is -2.56. The summed E-state index contributed by atoms with van der Waals surface area (Å²) in [5.41, 5.74) is 10.6. The number of amides is 3. The molecule has 0 bridgehead atoms. The first kappa shape index (κ1) is 24.4. The van der Waals surface area contributed by atoms with Gasteiger partial charge in [-0.15, -0.1) is 0 Å². The Hall–Kier alpha value is -2.89. The van der Waals surface area contributed by atoms with Crippen molar-refractivity contribution in [2.24, 2.45) is 16.5 Å². The zero-order valence-corrected chi connectivity index (χ0v) is 17.8. The Labute approximate surface area is 181 Å². The number of carboxylic acids is 1. The lowest BCUT2D eigenvalue weighted by Gasteiger charge is -2.28. The number of carbonyl (C=O) groups is 4. The Balaban J connectivity index is 2.01. The monoisotopic (exact) mass is 439 g/mol. The minimum atomic E-state index is -1.07. The number of likely N-dealkylation sites (tertiary alicyclic amines) is 1. The van der Waals surface area contributed by atoms with Crippen molar-refractivity contribution in [2.45, 2.75) is 69.6 Å². The summed E-state index contributed by atoms with van der Waals surface area (Å²) in [5.74, 6) is -2.38. The second kappa shape index (κ2) is 11.5. The van der Waals surface area contributed by atoms with E-state index in [4.69, 9.17) is 11.5 Å².